The van der Waals surface area contributed by atoms with E-state index in [1.807, 2.05) is 0 Å². The van der Waals surface area contributed by atoms with Gasteiger partial charge in [0, 0.05) is 19.3 Å². The Bertz CT molecular complexity index is 733. The third kappa shape index (κ3) is 3.50. The topological polar surface area (TPSA) is 58.1 Å². The van der Waals surface area contributed by atoms with Gasteiger partial charge in [-0.05, 0) is 37.0 Å². The molecular formula is C17H18F2N4O. The van der Waals surface area contributed by atoms with Crippen molar-refractivity contribution in [2.75, 3.05) is 18.4 Å². The zero-order chi connectivity index (χ0) is 17.1. The molecule has 0 bridgehead atoms. The number of piperidine rings is 1. The van der Waals surface area contributed by atoms with Gasteiger partial charge in [0.2, 0.25) is 5.95 Å². The summed E-state index contributed by atoms with van der Waals surface area (Å²) in [5, 5.41) is 2.50. The number of hydrogen-bond acceptors (Lipinski definition) is 4. The van der Waals surface area contributed by atoms with Crippen LogP contribution in [-0.2, 0) is 0 Å². The Morgan fingerprint density at radius 3 is 2.75 bits per heavy atom. The quantitative estimate of drug-likeness (QED) is 0.936. The van der Waals surface area contributed by atoms with E-state index in [-0.39, 0.29) is 23.2 Å². The molecule has 126 valence electrons. The number of rotatable bonds is 3. The van der Waals surface area contributed by atoms with E-state index in [1.54, 1.807) is 4.90 Å². The first-order valence-corrected chi connectivity index (χ1v) is 7.88. The average Bonchev–Trinajstić information content (AvgIpc) is 2.58. The molecule has 0 radical (unpaired) electrons. The van der Waals surface area contributed by atoms with Gasteiger partial charge in [-0.2, -0.15) is 0 Å². The van der Waals surface area contributed by atoms with Crippen LogP contribution in [0.3, 0.4) is 0 Å². The van der Waals surface area contributed by atoms with Gasteiger partial charge in [0.1, 0.15) is 23.0 Å². The summed E-state index contributed by atoms with van der Waals surface area (Å²) < 4.78 is 27.4. The fraction of sp³-hybridized carbons (Fsp3) is 0.353. The second kappa shape index (κ2) is 6.90. The molecule has 1 unspecified atom stereocenters. The van der Waals surface area contributed by atoms with Crippen LogP contribution in [0.2, 0.25) is 0 Å². The molecule has 0 spiro atoms. The molecule has 1 aliphatic heterocycles. The number of anilines is 2. The van der Waals surface area contributed by atoms with E-state index in [9.17, 15) is 13.6 Å². The van der Waals surface area contributed by atoms with Gasteiger partial charge in [0.05, 0.1) is 0 Å². The van der Waals surface area contributed by atoms with Crippen molar-refractivity contribution in [3.05, 3.63) is 47.8 Å². The minimum absolute atomic E-state index is 0.0186. The molecule has 1 aliphatic rings. The van der Waals surface area contributed by atoms with Crippen LogP contribution in [0.15, 0.2) is 30.5 Å². The lowest BCUT2D eigenvalue weighted by molar-refractivity contribution is 0.0677. The monoisotopic (exact) mass is 332 g/mol. The van der Waals surface area contributed by atoms with Crippen LogP contribution in [0.25, 0.3) is 0 Å². The highest BCUT2D eigenvalue weighted by Gasteiger charge is 2.23. The Morgan fingerprint density at radius 1 is 1.29 bits per heavy atom. The molecule has 1 fully saturated rings. The number of carbonyl (C=O) groups excluding carboxylic acids is 1. The number of amides is 1. The van der Waals surface area contributed by atoms with Crippen molar-refractivity contribution in [1.82, 2.24) is 14.9 Å². The molecule has 0 saturated carbocycles. The van der Waals surface area contributed by atoms with Crippen LogP contribution < -0.4 is 5.32 Å². The number of nitrogens with zero attached hydrogens (tertiary/aromatic N) is 3. The summed E-state index contributed by atoms with van der Waals surface area (Å²) in [7, 11) is 0. The van der Waals surface area contributed by atoms with E-state index >= 15 is 0 Å². The van der Waals surface area contributed by atoms with E-state index in [0.29, 0.717) is 19.0 Å². The summed E-state index contributed by atoms with van der Waals surface area (Å²) in [6, 6.07) is 5.05. The zero-order valence-electron chi connectivity index (χ0n) is 13.3. The number of nitrogens with one attached hydrogen (secondary N) is 1. The maximum Gasteiger partial charge on any atom is 0.272 e. The highest BCUT2D eigenvalue weighted by atomic mass is 19.1. The maximum atomic E-state index is 13.7. The molecule has 1 aromatic carbocycles. The molecule has 3 rings (SSSR count). The van der Waals surface area contributed by atoms with Crippen LogP contribution in [0.4, 0.5) is 20.4 Å². The number of carbonyl (C=O) groups is 1. The van der Waals surface area contributed by atoms with Crippen LogP contribution in [0, 0.1) is 17.6 Å². The van der Waals surface area contributed by atoms with Crippen molar-refractivity contribution in [3.8, 4) is 0 Å². The molecule has 0 aliphatic carbocycles. The van der Waals surface area contributed by atoms with Gasteiger partial charge < -0.3 is 10.2 Å². The first-order valence-electron chi connectivity index (χ1n) is 7.88. The normalized spacial score (nSPS) is 17.6. The molecule has 7 heteroatoms. The average molecular weight is 332 g/mol. The van der Waals surface area contributed by atoms with Crippen LogP contribution in [0.1, 0.15) is 30.3 Å². The Balaban J connectivity index is 1.80. The van der Waals surface area contributed by atoms with Crippen molar-refractivity contribution >= 4 is 17.5 Å². The molecule has 24 heavy (non-hydrogen) atoms. The third-order valence-electron chi connectivity index (χ3n) is 4.02. The standard InChI is InChI=1S/C17H18F2N4O/c1-11-4-3-9-23(10-11)16(24)14-7-8-20-17(21-14)22-15-12(18)5-2-6-13(15)19/h2,5-8,11H,3-4,9-10H2,1H3,(H,20,21,22). The Hall–Kier alpha value is -2.57. The first kappa shape index (κ1) is 16.3. The second-order valence-electron chi connectivity index (χ2n) is 5.99. The maximum absolute atomic E-state index is 13.7. The number of aromatic nitrogens is 2. The van der Waals surface area contributed by atoms with Crippen molar-refractivity contribution < 1.29 is 13.6 Å². The summed E-state index contributed by atoms with van der Waals surface area (Å²) in [6.45, 7) is 3.48. The zero-order valence-corrected chi connectivity index (χ0v) is 13.3. The highest BCUT2D eigenvalue weighted by Crippen LogP contribution is 2.22. The fourth-order valence-corrected chi connectivity index (χ4v) is 2.80. The number of hydrogen-bond donors (Lipinski definition) is 1. The fourth-order valence-electron chi connectivity index (χ4n) is 2.80. The van der Waals surface area contributed by atoms with Crippen molar-refractivity contribution in [2.24, 2.45) is 5.92 Å². The van der Waals surface area contributed by atoms with Gasteiger partial charge in [-0.1, -0.05) is 13.0 Å². The molecule has 1 amide bonds. The Morgan fingerprint density at radius 2 is 2.04 bits per heavy atom. The SMILES string of the molecule is CC1CCCN(C(=O)c2ccnc(Nc3c(F)cccc3F)n2)C1. The second-order valence-corrected chi connectivity index (χ2v) is 5.99. The molecule has 1 N–H and O–H groups in total. The summed E-state index contributed by atoms with van der Waals surface area (Å²) in [5.74, 6) is -1.26. The van der Waals surface area contributed by atoms with Crippen LogP contribution in [0.5, 0.6) is 0 Å². The van der Waals surface area contributed by atoms with Crippen LogP contribution in [-0.4, -0.2) is 33.9 Å². The van der Waals surface area contributed by atoms with E-state index in [1.165, 1.54) is 18.3 Å². The van der Waals surface area contributed by atoms with Gasteiger partial charge >= 0.3 is 0 Å². The number of benzene rings is 1. The lowest BCUT2D eigenvalue weighted by Gasteiger charge is -2.30. The Kier molecular flexibility index (Phi) is 4.69. The van der Waals surface area contributed by atoms with Gasteiger partial charge in [0.25, 0.3) is 5.91 Å². The van der Waals surface area contributed by atoms with Crippen molar-refractivity contribution in [3.63, 3.8) is 0 Å². The number of halogens is 2. The van der Waals surface area contributed by atoms with Crippen LogP contribution >= 0.6 is 0 Å². The molecule has 5 nitrogen and oxygen atoms in total. The summed E-state index contributed by atoms with van der Waals surface area (Å²) in [5.41, 5.74) is -0.132. The predicted octanol–water partition coefficient (Wildman–Crippen LogP) is 3.37. The van der Waals surface area contributed by atoms with Crippen molar-refractivity contribution in [2.45, 2.75) is 19.8 Å². The molecule has 2 heterocycles. The number of likely N-dealkylation sites (tertiary alicyclic amines) is 1. The van der Waals surface area contributed by atoms with Gasteiger partial charge in [-0.25, -0.2) is 18.7 Å². The summed E-state index contributed by atoms with van der Waals surface area (Å²) in [4.78, 5) is 22.3. The molecule has 1 atom stereocenters. The lowest BCUT2D eigenvalue weighted by atomic mass is 10.00. The lowest BCUT2D eigenvalue weighted by Crippen LogP contribution is -2.39. The van der Waals surface area contributed by atoms with Crippen molar-refractivity contribution in [1.29, 1.82) is 0 Å². The minimum Gasteiger partial charge on any atom is -0.337 e. The van der Waals surface area contributed by atoms with E-state index in [4.69, 9.17) is 0 Å². The largest absolute Gasteiger partial charge is 0.337 e. The minimum atomic E-state index is -0.750. The van der Waals surface area contributed by atoms with Gasteiger partial charge in [0.15, 0.2) is 0 Å². The van der Waals surface area contributed by atoms with Gasteiger partial charge in [-0.15, -0.1) is 0 Å². The summed E-state index contributed by atoms with van der Waals surface area (Å²) >= 11 is 0. The third-order valence-corrected chi connectivity index (χ3v) is 4.02. The molecule has 1 aromatic heterocycles. The highest BCUT2D eigenvalue weighted by molar-refractivity contribution is 5.92. The molecule has 2 aromatic rings. The van der Waals surface area contributed by atoms with E-state index in [2.05, 4.69) is 22.2 Å². The smallest absolute Gasteiger partial charge is 0.272 e. The van der Waals surface area contributed by atoms with E-state index in [0.717, 1.165) is 25.0 Å². The Labute approximate surface area is 138 Å². The predicted molar refractivity (Wildman–Crippen MR) is 86.0 cm³/mol. The molecule has 1 saturated heterocycles. The van der Waals surface area contributed by atoms with Gasteiger partial charge in [-0.3, -0.25) is 4.79 Å². The van der Waals surface area contributed by atoms with E-state index < -0.39 is 11.6 Å². The molecular weight excluding hydrogens is 314 g/mol. The number of para-hydroxylation sites is 1. The summed E-state index contributed by atoms with van der Waals surface area (Å²) in [6.07, 6.45) is 3.46. The first-order chi connectivity index (χ1) is 11.5.